The standard InChI is InChI=1S/C16H20N2O2/c1-3-15(17-10-14-8-11(2)18-20-14)12-4-5-16-13(9-12)6-7-19-16/h4-5,8-9,15,17H,3,6-7,10H2,1-2H3. The predicted molar refractivity (Wildman–Crippen MR) is 76.8 cm³/mol. The van der Waals surface area contributed by atoms with E-state index in [4.69, 9.17) is 9.26 Å². The van der Waals surface area contributed by atoms with Gasteiger partial charge < -0.3 is 14.6 Å². The van der Waals surface area contributed by atoms with E-state index in [0.29, 0.717) is 12.6 Å². The van der Waals surface area contributed by atoms with E-state index in [1.165, 1.54) is 11.1 Å². The van der Waals surface area contributed by atoms with Gasteiger partial charge in [-0.05, 0) is 30.5 Å². The van der Waals surface area contributed by atoms with Crippen molar-refractivity contribution in [1.82, 2.24) is 10.5 Å². The summed E-state index contributed by atoms with van der Waals surface area (Å²) < 4.78 is 10.8. The Hall–Kier alpha value is -1.81. The number of ether oxygens (including phenoxy) is 1. The molecule has 106 valence electrons. The number of nitrogens with zero attached hydrogens (tertiary/aromatic N) is 1. The zero-order chi connectivity index (χ0) is 13.9. The van der Waals surface area contributed by atoms with Gasteiger partial charge in [0.15, 0.2) is 5.76 Å². The van der Waals surface area contributed by atoms with Crippen LogP contribution in [-0.2, 0) is 13.0 Å². The lowest BCUT2D eigenvalue weighted by molar-refractivity contribution is 0.356. The molecular formula is C16H20N2O2. The molecule has 4 nitrogen and oxygen atoms in total. The number of aryl methyl sites for hydroxylation is 1. The third kappa shape index (κ3) is 2.70. The Labute approximate surface area is 119 Å². The summed E-state index contributed by atoms with van der Waals surface area (Å²) in [7, 11) is 0. The number of fused-ring (bicyclic) bond motifs is 1. The van der Waals surface area contributed by atoms with Gasteiger partial charge in [-0.2, -0.15) is 0 Å². The average Bonchev–Trinajstić information content (AvgIpc) is 3.07. The topological polar surface area (TPSA) is 47.3 Å². The van der Waals surface area contributed by atoms with Gasteiger partial charge in [-0.15, -0.1) is 0 Å². The van der Waals surface area contributed by atoms with E-state index in [1.54, 1.807) is 0 Å². The summed E-state index contributed by atoms with van der Waals surface area (Å²) in [6, 6.07) is 8.79. The highest BCUT2D eigenvalue weighted by molar-refractivity contribution is 5.40. The van der Waals surface area contributed by atoms with Crippen molar-refractivity contribution >= 4 is 0 Å². The highest BCUT2D eigenvalue weighted by atomic mass is 16.5. The van der Waals surface area contributed by atoms with Crippen molar-refractivity contribution in [3.63, 3.8) is 0 Å². The van der Waals surface area contributed by atoms with Gasteiger partial charge in [0.25, 0.3) is 0 Å². The minimum Gasteiger partial charge on any atom is -0.493 e. The van der Waals surface area contributed by atoms with Crippen molar-refractivity contribution in [2.45, 2.75) is 39.3 Å². The summed E-state index contributed by atoms with van der Waals surface area (Å²) in [6.07, 6.45) is 2.05. The number of benzene rings is 1. The SMILES string of the molecule is CCC(NCc1cc(C)no1)c1ccc2c(c1)CCO2. The summed E-state index contributed by atoms with van der Waals surface area (Å²) in [5.74, 6) is 1.92. The van der Waals surface area contributed by atoms with Crippen LogP contribution in [0.1, 0.15) is 42.0 Å². The van der Waals surface area contributed by atoms with Crippen LogP contribution in [0.15, 0.2) is 28.8 Å². The van der Waals surface area contributed by atoms with Crippen LogP contribution >= 0.6 is 0 Å². The van der Waals surface area contributed by atoms with E-state index in [-0.39, 0.29) is 0 Å². The Kier molecular flexibility index (Phi) is 3.74. The lowest BCUT2D eigenvalue weighted by Gasteiger charge is -2.17. The molecule has 1 N–H and O–H groups in total. The molecule has 2 heterocycles. The van der Waals surface area contributed by atoms with Gasteiger partial charge in [-0.1, -0.05) is 24.2 Å². The maximum Gasteiger partial charge on any atom is 0.150 e. The quantitative estimate of drug-likeness (QED) is 0.908. The summed E-state index contributed by atoms with van der Waals surface area (Å²) >= 11 is 0. The van der Waals surface area contributed by atoms with Crippen molar-refractivity contribution in [2.75, 3.05) is 6.61 Å². The maximum atomic E-state index is 5.56. The summed E-state index contributed by atoms with van der Waals surface area (Å²) in [5, 5.41) is 7.44. The third-order valence-corrected chi connectivity index (χ3v) is 3.72. The van der Waals surface area contributed by atoms with Crippen LogP contribution in [0.3, 0.4) is 0 Å². The molecule has 1 aromatic heterocycles. The molecule has 0 bridgehead atoms. The first kappa shape index (κ1) is 13.2. The van der Waals surface area contributed by atoms with Gasteiger partial charge >= 0.3 is 0 Å². The van der Waals surface area contributed by atoms with Crippen molar-refractivity contribution in [2.24, 2.45) is 0 Å². The molecule has 1 aliphatic rings. The Morgan fingerprint density at radius 3 is 3.00 bits per heavy atom. The van der Waals surface area contributed by atoms with E-state index in [2.05, 4.69) is 35.6 Å². The zero-order valence-corrected chi connectivity index (χ0v) is 12.0. The first-order valence-electron chi connectivity index (χ1n) is 7.17. The van der Waals surface area contributed by atoms with Crippen LogP contribution in [0.2, 0.25) is 0 Å². The summed E-state index contributed by atoms with van der Waals surface area (Å²) in [6.45, 7) is 5.63. The van der Waals surface area contributed by atoms with Gasteiger partial charge in [0.1, 0.15) is 5.75 Å². The Morgan fingerprint density at radius 2 is 2.25 bits per heavy atom. The number of nitrogens with one attached hydrogen (secondary N) is 1. The fourth-order valence-corrected chi connectivity index (χ4v) is 2.64. The van der Waals surface area contributed by atoms with E-state index in [9.17, 15) is 0 Å². The Bertz CT molecular complexity index is 592. The highest BCUT2D eigenvalue weighted by Gasteiger charge is 2.16. The minimum absolute atomic E-state index is 0.325. The van der Waals surface area contributed by atoms with Gasteiger partial charge in [-0.25, -0.2) is 0 Å². The van der Waals surface area contributed by atoms with Crippen LogP contribution in [0.4, 0.5) is 0 Å². The van der Waals surface area contributed by atoms with Gasteiger partial charge in [0.05, 0.1) is 18.8 Å². The average molecular weight is 272 g/mol. The van der Waals surface area contributed by atoms with Crippen molar-refractivity contribution in [3.8, 4) is 5.75 Å². The largest absolute Gasteiger partial charge is 0.493 e. The molecule has 1 unspecified atom stereocenters. The number of aromatic nitrogens is 1. The molecule has 20 heavy (non-hydrogen) atoms. The summed E-state index contributed by atoms with van der Waals surface area (Å²) in [4.78, 5) is 0. The highest BCUT2D eigenvalue weighted by Crippen LogP contribution is 2.29. The lowest BCUT2D eigenvalue weighted by Crippen LogP contribution is -2.20. The minimum atomic E-state index is 0.325. The van der Waals surface area contributed by atoms with E-state index in [0.717, 1.165) is 36.7 Å². The van der Waals surface area contributed by atoms with Crippen LogP contribution in [0.5, 0.6) is 5.75 Å². The normalized spacial score (nSPS) is 14.9. The number of rotatable bonds is 5. The summed E-state index contributed by atoms with van der Waals surface area (Å²) in [5.41, 5.74) is 3.55. The van der Waals surface area contributed by atoms with Crippen molar-refractivity contribution < 1.29 is 9.26 Å². The smallest absolute Gasteiger partial charge is 0.150 e. The molecule has 0 amide bonds. The number of hydrogen-bond acceptors (Lipinski definition) is 4. The number of hydrogen-bond donors (Lipinski definition) is 1. The second-order valence-corrected chi connectivity index (χ2v) is 5.24. The first-order valence-corrected chi connectivity index (χ1v) is 7.17. The molecule has 0 radical (unpaired) electrons. The molecule has 1 aliphatic heterocycles. The van der Waals surface area contributed by atoms with Crippen LogP contribution in [0.25, 0.3) is 0 Å². The fraction of sp³-hybridized carbons (Fsp3) is 0.438. The fourth-order valence-electron chi connectivity index (χ4n) is 2.64. The van der Waals surface area contributed by atoms with Gasteiger partial charge in [0.2, 0.25) is 0 Å². The predicted octanol–water partition coefficient (Wildman–Crippen LogP) is 3.16. The lowest BCUT2D eigenvalue weighted by atomic mass is 10.0. The molecule has 4 heteroatoms. The molecule has 3 rings (SSSR count). The Morgan fingerprint density at radius 1 is 1.35 bits per heavy atom. The first-order chi connectivity index (χ1) is 9.76. The molecular weight excluding hydrogens is 252 g/mol. The molecule has 0 saturated carbocycles. The van der Waals surface area contributed by atoms with E-state index < -0.39 is 0 Å². The zero-order valence-electron chi connectivity index (χ0n) is 12.0. The Balaban J connectivity index is 1.69. The van der Waals surface area contributed by atoms with Crippen molar-refractivity contribution in [3.05, 3.63) is 46.8 Å². The molecule has 0 fully saturated rings. The van der Waals surface area contributed by atoms with Gasteiger partial charge in [-0.3, -0.25) is 0 Å². The molecule has 1 atom stereocenters. The molecule has 2 aromatic rings. The monoisotopic (exact) mass is 272 g/mol. The molecule has 0 saturated heterocycles. The van der Waals surface area contributed by atoms with Crippen LogP contribution in [-0.4, -0.2) is 11.8 Å². The van der Waals surface area contributed by atoms with Crippen LogP contribution in [0, 0.1) is 6.92 Å². The van der Waals surface area contributed by atoms with Gasteiger partial charge in [0, 0.05) is 18.5 Å². The molecule has 0 aliphatic carbocycles. The second-order valence-electron chi connectivity index (χ2n) is 5.24. The van der Waals surface area contributed by atoms with E-state index in [1.807, 2.05) is 13.0 Å². The maximum absolute atomic E-state index is 5.56. The van der Waals surface area contributed by atoms with Crippen LogP contribution < -0.4 is 10.1 Å². The molecule has 1 aromatic carbocycles. The van der Waals surface area contributed by atoms with E-state index >= 15 is 0 Å². The van der Waals surface area contributed by atoms with Crippen molar-refractivity contribution in [1.29, 1.82) is 0 Å². The second kappa shape index (κ2) is 5.67. The molecule has 0 spiro atoms. The third-order valence-electron chi connectivity index (χ3n) is 3.72.